The SMILES string of the molecule is CCOC(=O)Cc1nc(F)c(C(F)F)cc1CCl. The number of pyridine rings is 1. The van der Waals surface area contributed by atoms with Crippen LogP contribution in [0.5, 0.6) is 0 Å². The molecule has 0 N–H and O–H groups in total. The van der Waals surface area contributed by atoms with Gasteiger partial charge in [0.25, 0.3) is 6.43 Å². The van der Waals surface area contributed by atoms with Crippen LogP contribution in [0.15, 0.2) is 6.07 Å². The second-order valence-corrected chi connectivity index (χ2v) is 3.66. The molecule has 0 aliphatic rings. The average molecular weight is 282 g/mol. The molecule has 0 spiro atoms. The first-order valence-corrected chi connectivity index (χ1v) is 5.71. The number of hydrogen-bond acceptors (Lipinski definition) is 3. The molecule has 1 aromatic rings. The Hall–Kier alpha value is -1.30. The standard InChI is InChI=1S/C11H11ClF3NO2/c1-2-18-9(17)4-8-6(5-12)3-7(10(13)14)11(15)16-8/h3,10H,2,4-5H2,1H3. The molecular weight excluding hydrogens is 271 g/mol. The quantitative estimate of drug-likeness (QED) is 0.473. The van der Waals surface area contributed by atoms with Crippen molar-refractivity contribution in [2.75, 3.05) is 6.61 Å². The smallest absolute Gasteiger partial charge is 0.311 e. The van der Waals surface area contributed by atoms with Crippen molar-refractivity contribution in [3.63, 3.8) is 0 Å². The molecule has 18 heavy (non-hydrogen) atoms. The van der Waals surface area contributed by atoms with Crippen LogP contribution in [-0.4, -0.2) is 17.6 Å². The normalized spacial score (nSPS) is 10.8. The molecule has 1 aromatic heterocycles. The fourth-order valence-corrected chi connectivity index (χ4v) is 1.59. The minimum Gasteiger partial charge on any atom is -0.466 e. The van der Waals surface area contributed by atoms with E-state index in [-0.39, 0.29) is 30.2 Å². The second-order valence-electron chi connectivity index (χ2n) is 3.39. The third-order valence-electron chi connectivity index (χ3n) is 2.17. The summed E-state index contributed by atoms with van der Waals surface area (Å²) in [5.41, 5.74) is -0.606. The van der Waals surface area contributed by atoms with Gasteiger partial charge in [-0.2, -0.15) is 4.39 Å². The van der Waals surface area contributed by atoms with Gasteiger partial charge in [0.15, 0.2) is 0 Å². The molecule has 0 aliphatic carbocycles. The molecule has 0 aliphatic heterocycles. The highest BCUT2D eigenvalue weighted by Crippen LogP contribution is 2.24. The van der Waals surface area contributed by atoms with Crippen LogP contribution in [0.1, 0.15) is 30.2 Å². The molecule has 0 radical (unpaired) electrons. The van der Waals surface area contributed by atoms with Crippen LogP contribution in [0.25, 0.3) is 0 Å². The van der Waals surface area contributed by atoms with Crippen molar-refractivity contribution in [2.45, 2.75) is 25.7 Å². The Balaban J connectivity index is 3.05. The summed E-state index contributed by atoms with van der Waals surface area (Å²) < 4.78 is 42.8. The summed E-state index contributed by atoms with van der Waals surface area (Å²) in [6.45, 7) is 1.79. The maximum Gasteiger partial charge on any atom is 0.311 e. The molecule has 1 rings (SSSR count). The number of rotatable bonds is 5. The van der Waals surface area contributed by atoms with Gasteiger partial charge >= 0.3 is 5.97 Å². The molecule has 7 heteroatoms. The van der Waals surface area contributed by atoms with Crippen LogP contribution < -0.4 is 0 Å². The Morgan fingerprint density at radius 2 is 2.22 bits per heavy atom. The zero-order valence-electron chi connectivity index (χ0n) is 9.55. The highest BCUT2D eigenvalue weighted by atomic mass is 35.5. The van der Waals surface area contributed by atoms with E-state index in [1.54, 1.807) is 6.92 Å². The van der Waals surface area contributed by atoms with E-state index in [9.17, 15) is 18.0 Å². The molecule has 0 saturated heterocycles. The van der Waals surface area contributed by atoms with E-state index < -0.39 is 23.9 Å². The van der Waals surface area contributed by atoms with Crippen LogP contribution in [-0.2, 0) is 21.8 Å². The van der Waals surface area contributed by atoms with Crippen molar-refractivity contribution in [3.8, 4) is 0 Å². The van der Waals surface area contributed by atoms with Crippen molar-refractivity contribution < 1.29 is 22.7 Å². The number of alkyl halides is 3. The summed E-state index contributed by atoms with van der Waals surface area (Å²) in [4.78, 5) is 14.6. The van der Waals surface area contributed by atoms with Crippen LogP contribution in [0, 0.1) is 5.95 Å². The van der Waals surface area contributed by atoms with Crippen LogP contribution in [0.2, 0.25) is 0 Å². The molecule has 1 heterocycles. The number of halogens is 4. The lowest BCUT2D eigenvalue weighted by Crippen LogP contribution is -2.12. The summed E-state index contributed by atoms with van der Waals surface area (Å²) in [6.07, 6.45) is -3.27. The number of hydrogen-bond donors (Lipinski definition) is 0. The maximum atomic E-state index is 13.3. The summed E-state index contributed by atoms with van der Waals surface area (Å²) in [5, 5.41) is 0. The molecule has 0 unspecified atom stereocenters. The minimum atomic E-state index is -2.98. The van der Waals surface area contributed by atoms with Gasteiger partial charge in [-0.05, 0) is 18.6 Å². The monoisotopic (exact) mass is 281 g/mol. The molecule has 0 fully saturated rings. The second kappa shape index (κ2) is 6.58. The number of nitrogens with zero attached hydrogens (tertiary/aromatic N) is 1. The largest absolute Gasteiger partial charge is 0.466 e. The number of esters is 1. The van der Waals surface area contributed by atoms with Crippen molar-refractivity contribution in [1.82, 2.24) is 4.98 Å². The maximum absolute atomic E-state index is 13.3. The first kappa shape index (κ1) is 14.8. The third kappa shape index (κ3) is 3.60. The first-order valence-electron chi connectivity index (χ1n) is 5.17. The molecule has 0 atom stereocenters. The average Bonchev–Trinajstić information content (AvgIpc) is 2.29. The van der Waals surface area contributed by atoms with Crippen LogP contribution >= 0.6 is 11.6 Å². The molecule has 0 aromatic carbocycles. The zero-order chi connectivity index (χ0) is 13.7. The fourth-order valence-electron chi connectivity index (χ4n) is 1.36. The Morgan fingerprint density at radius 1 is 1.56 bits per heavy atom. The van der Waals surface area contributed by atoms with Gasteiger partial charge in [0.2, 0.25) is 5.95 Å². The Labute approximate surface area is 107 Å². The van der Waals surface area contributed by atoms with Crippen molar-refractivity contribution in [1.29, 1.82) is 0 Å². The van der Waals surface area contributed by atoms with Gasteiger partial charge in [-0.25, -0.2) is 13.8 Å². The van der Waals surface area contributed by atoms with Gasteiger partial charge in [-0.1, -0.05) is 0 Å². The van der Waals surface area contributed by atoms with Gasteiger partial charge < -0.3 is 4.74 Å². The Kier molecular flexibility index (Phi) is 5.40. The Morgan fingerprint density at radius 3 is 2.72 bits per heavy atom. The third-order valence-corrected chi connectivity index (χ3v) is 2.46. The lowest BCUT2D eigenvalue weighted by Gasteiger charge is -2.09. The summed E-state index contributed by atoms with van der Waals surface area (Å²) in [5.74, 6) is -2.04. The molecule has 3 nitrogen and oxygen atoms in total. The Bertz CT molecular complexity index is 441. The summed E-state index contributed by atoms with van der Waals surface area (Å²) in [6, 6.07) is 0.925. The van der Waals surface area contributed by atoms with Crippen molar-refractivity contribution in [2.24, 2.45) is 0 Å². The minimum absolute atomic E-state index is 0.0188. The lowest BCUT2D eigenvalue weighted by molar-refractivity contribution is -0.142. The van der Waals surface area contributed by atoms with Gasteiger partial charge in [0, 0.05) is 5.88 Å². The van der Waals surface area contributed by atoms with E-state index in [4.69, 9.17) is 11.6 Å². The van der Waals surface area contributed by atoms with E-state index in [2.05, 4.69) is 9.72 Å². The van der Waals surface area contributed by atoms with Gasteiger partial charge in [0.1, 0.15) is 0 Å². The van der Waals surface area contributed by atoms with E-state index in [0.29, 0.717) is 0 Å². The lowest BCUT2D eigenvalue weighted by atomic mass is 10.1. The molecule has 0 amide bonds. The first-order chi connectivity index (χ1) is 8.49. The van der Waals surface area contributed by atoms with Gasteiger partial charge in [-0.15, -0.1) is 11.6 Å². The summed E-state index contributed by atoms with van der Waals surface area (Å²) in [7, 11) is 0. The van der Waals surface area contributed by atoms with Gasteiger partial charge in [-0.3, -0.25) is 4.79 Å². The molecule has 0 bridgehead atoms. The number of carbonyl (C=O) groups is 1. The molecule has 100 valence electrons. The highest BCUT2D eigenvalue weighted by molar-refractivity contribution is 6.17. The van der Waals surface area contributed by atoms with Crippen LogP contribution in [0.4, 0.5) is 13.2 Å². The van der Waals surface area contributed by atoms with E-state index in [0.717, 1.165) is 6.07 Å². The summed E-state index contributed by atoms with van der Waals surface area (Å²) >= 11 is 5.56. The number of carbonyl (C=O) groups excluding carboxylic acids is 1. The predicted octanol–water partition coefficient (Wildman–Crippen LogP) is 3.00. The van der Waals surface area contributed by atoms with E-state index in [1.165, 1.54) is 0 Å². The highest BCUT2D eigenvalue weighted by Gasteiger charge is 2.19. The number of ether oxygens (including phenoxy) is 1. The van der Waals surface area contributed by atoms with E-state index in [1.807, 2.05) is 0 Å². The predicted molar refractivity (Wildman–Crippen MR) is 59.0 cm³/mol. The molecule has 0 saturated carbocycles. The number of aromatic nitrogens is 1. The van der Waals surface area contributed by atoms with Crippen molar-refractivity contribution in [3.05, 3.63) is 28.8 Å². The van der Waals surface area contributed by atoms with Crippen molar-refractivity contribution >= 4 is 17.6 Å². The topological polar surface area (TPSA) is 39.2 Å². The zero-order valence-corrected chi connectivity index (χ0v) is 10.3. The van der Waals surface area contributed by atoms with Gasteiger partial charge in [0.05, 0.1) is 24.3 Å². The van der Waals surface area contributed by atoms with E-state index >= 15 is 0 Å². The van der Waals surface area contributed by atoms with Crippen LogP contribution in [0.3, 0.4) is 0 Å². The molecular formula is C11H11ClF3NO2. The fraction of sp³-hybridized carbons (Fsp3) is 0.455.